The van der Waals surface area contributed by atoms with Crippen molar-refractivity contribution in [2.75, 3.05) is 0 Å². The van der Waals surface area contributed by atoms with Crippen LogP contribution in [0.25, 0.3) is 0 Å². The maximum absolute atomic E-state index is 12.7. The smallest absolute Gasteiger partial charge is 0.400 e. The first kappa shape index (κ1) is 13.6. The lowest BCUT2D eigenvalue weighted by atomic mass is 9.85. The number of hydrazone groups is 1. The summed E-state index contributed by atoms with van der Waals surface area (Å²) < 4.78 is 4.96. The van der Waals surface area contributed by atoms with Crippen molar-refractivity contribution in [1.82, 2.24) is 5.01 Å². The number of carbonyl (C=O) groups excluding carboxylic acids is 2. The number of nitrogens with zero attached hydrogens (tertiary/aromatic N) is 3. The van der Waals surface area contributed by atoms with E-state index in [1.54, 1.807) is 0 Å². The van der Waals surface area contributed by atoms with Crippen molar-refractivity contribution < 1.29 is 18.9 Å². The van der Waals surface area contributed by atoms with Gasteiger partial charge in [0.2, 0.25) is 0 Å². The minimum absolute atomic E-state index is 0.124. The highest BCUT2D eigenvalue weighted by Gasteiger charge is 2.73. The molecule has 122 valence electrons. The first-order valence-corrected chi connectivity index (χ1v) is 7.87. The first-order valence-electron chi connectivity index (χ1n) is 7.87. The molecule has 1 aromatic rings. The van der Waals surface area contributed by atoms with E-state index in [1.807, 2.05) is 0 Å². The Bertz CT molecular complexity index is 816. The lowest BCUT2D eigenvalue weighted by Crippen LogP contribution is -2.30. The molecule has 2 heterocycles. The fraction of sp³-hybridized carbons (Fsp3) is 0.438. The Hall–Kier alpha value is -2.77. The summed E-state index contributed by atoms with van der Waals surface area (Å²) in [6.45, 7) is 0. The molecule has 2 saturated carbocycles. The molecule has 1 saturated heterocycles. The number of hydrogen-bond acceptors (Lipinski definition) is 6. The molecule has 1 spiro atoms. The number of hydrogen-bond donors (Lipinski definition) is 0. The van der Waals surface area contributed by atoms with Gasteiger partial charge in [0.15, 0.2) is 5.76 Å². The van der Waals surface area contributed by atoms with E-state index in [9.17, 15) is 19.7 Å². The van der Waals surface area contributed by atoms with Crippen molar-refractivity contribution in [2.24, 2.45) is 34.2 Å². The number of imide groups is 1. The second-order valence-electron chi connectivity index (χ2n) is 6.89. The Morgan fingerprint density at radius 2 is 1.83 bits per heavy atom. The summed E-state index contributed by atoms with van der Waals surface area (Å²) in [4.78, 5) is 35.3. The van der Waals surface area contributed by atoms with Crippen LogP contribution in [0.5, 0.6) is 0 Å². The van der Waals surface area contributed by atoms with Crippen molar-refractivity contribution in [3.8, 4) is 0 Å². The number of furan rings is 1. The number of rotatable bonds is 3. The maximum Gasteiger partial charge on any atom is 0.433 e. The van der Waals surface area contributed by atoms with Gasteiger partial charge in [-0.05, 0) is 36.2 Å². The van der Waals surface area contributed by atoms with Crippen LogP contribution in [-0.2, 0) is 9.59 Å². The molecule has 5 rings (SSSR count). The minimum atomic E-state index is -0.660. The first-order chi connectivity index (χ1) is 11.5. The number of carbonyl (C=O) groups is 2. The predicted molar refractivity (Wildman–Crippen MR) is 79.6 cm³/mol. The van der Waals surface area contributed by atoms with Crippen molar-refractivity contribution in [3.63, 3.8) is 0 Å². The Morgan fingerprint density at radius 3 is 2.33 bits per heavy atom. The topological polar surface area (TPSA) is 106 Å². The molecular formula is C16H13N3O5. The minimum Gasteiger partial charge on any atom is -0.400 e. The van der Waals surface area contributed by atoms with E-state index >= 15 is 0 Å². The van der Waals surface area contributed by atoms with Gasteiger partial charge in [0, 0.05) is 0 Å². The van der Waals surface area contributed by atoms with E-state index in [4.69, 9.17) is 4.42 Å². The Labute approximate surface area is 135 Å². The summed E-state index contributed by atoms with van der Waals surface area (Å²) in [5.41, 5.74) is 0.151. The lowest BCUT2D eigenvalue weighted by Gasteiger charge is -2.18. The average molecular weight is 327 g/mol. The molecule has 2 bridgehead atoms. The predicted octanol–water partition coefficient (Wildman–Crippen LogP) is 1.72. The third kappa shape index (κ3) is 1.50. The van der Waals surface area contributed by atoms with Gasteiger partial charge in [0.1, 0.15) is 4.92 Å². The standard InChI is InChI=1S/C16H13N3O5/c20-14-12-9-2-3-10(16(9)5-6-16)13(12)15(21)18(14)17-7-8-1-4-11(24-8)19(22)23/h1-4,7,9-10,12-13H,5-6H2/b17-7-/t9-,10-,12-,13+/m0/s1. The molecule has 4 atom stereocenters. The fourth-order valence-electron chi connectivity index (χ4n) is 4.80. The van der Waals surface area contributed by atoms with E-state index in [-0.39, 0.29) is 46.7 Å². The van der Waals surface area contributed by atoms with E-state index in [0.29, 0.717) is 0 Å². The van der Waals surface area contributed by atoms with Crippen molar-refractivity contribution in [2.45, 2.75) is 12.8 Å². The SMILES string of the molecule is O=C1[C@@H]2[C@H](C(=O)N1/N=C\c1ccc([N+](=O)[O-])o1)[C@@H]1C=C[C@@H]2C12CC2. The third-order valence-electron chi connectivity index (χ3n) is 5.92. The number of allylic oxidation sites excluding steroid dienone is 2. The molecule has 24 heavy (non-hydrogen) atoms. The summed E-state index contributed by atoms with van der Waals surface area (Å²) in [5.74, 6) is -1.15. The highest BCUT2D eigenvalue weighted by atomic mass is 16.6. The molecule has 8 nitrogen and oxygen atoms in total. The van der Waals surface area contributed by atoms with Gasteiger partial charge in [-0.25, -0.2) is 0 Å². The summed E-state index contributed by atoms with van der Waals surface area (Å²) >= 11 is 0. The van der Waals surface area contributed by atoms with E-state index in [0.717, 1.165) is 17.9 Å². The zero-order chi connectivity index (χ0) is 16.6. The molecule has 1 aliphatic heterocycles. The van der Waals surface area contributed by atoms with Crippen LogP contribution in [0.2, 0.25) is 0 Å². The van der Waals surface area contributed by atoms with Crippen LogP contribution in [0.4, 0.5) is 5.88 Å². The molecule has 3 aliphatic carbocycles. The molecule has 0 unspecified atom stereocenters. The zero-order valence-corrected chi connectivity index (χ0v) is 12.5. The van der Waals surface area contributed by atoms with Gasteiger partial charge in [-0.1, -0.05) is 12.2 Å². The molecular weight excluding hydrogens is 314 g/mol. The summed E-state index contributed by atoms with van der Waals surface area (Å²) in [7, 11) is 0. The average Bonchev–Trinajstić information content (AvgIpc) is 2.84. The van der Waals surface area contributed by atoms with Crippen LogP contribution < -0.4 is 0 Å². The normalized spacial score (nSPS) is 34.8. The largest absolute Gasteiger partial charge is 0.433 e. The van der Waals surface area contributed by atoms with Crippen LogP contribution in [0, 0.1) is 39.2 Å². The van der Waals surface area contributed by atoms with Crippen molar-refractivity contribution >= 4 is 23.9 Å². The Kier molecular flexibility index (Phi) is 2.39. The second kappa shape index (κ2) is 4.19. The van der Waals surface area contributed by atoms with Crippen LogP contribution in [0.15, 0.2) is 33.8 Å². The molecule has 2 amide bonds. The summed E-state index contributed by atoms with van der Waals surface area (Å²) in [6, 6.07) is 2.57. The van der Waals surface area contributed by atoms with E-state index in [2.05, 4.69) is 17.3 Å². The van der Waals surface area contributed by atoms with Crippen molar-refractivity contribution in [1.29, 1.82) is 0 Å². The molecule has 0 radical (unpaired) electrons. The fourth-order valence-corrected chi connectivity index (χ4v) is 4.80. The van der Waals surface area contributed by atoms with E-state index < -0.39 is 10.8 Å². The Morgan fingerprint density at radius 1 is 1.21 bits per heavy atom. The molecule has 4 aliphatic rings. The molecule has 3 fully saturated rings. The van der Waals surface area contributed by atoms with E-state index in [1.165, 1.54) is 18.3 Å². The van der Waals surface area contributed by atoms with Crippen LogP contribution >= 0.6 is 0 Å². The monoisotopic (exact) mass is 327 g/mol. The maximum atomic E-state index is 12.7. The quantitative estimate of drug-likeness (QED) is 0.276. The van der Waals surface area contributed by atoms with Gasteiger partial charge in [-0.15, -0.1) is 0 Å². The Balaban J connectivity index is 1.41. The van der Waals surface area contributed by atoms with Crippen LogP contribution in [-0.4, -0.2) is 28.0 Å². The highest BCUT2D eigenvalue weighted by molar-refractivity contribution is 6.07. The number of fused-ring (bicyclic) bond motifs is 3. The molecule has 1 aromatic heterocycles. The van der Waals surface area contributed by atoms with Gasteiger partial charge >= 0.3 is 5.88 Å². The number of nitro groups is 1. The molecule has 0 N–H and O–H groups in total. The van der Waals surface area contributed by atoms with Crippen LogP contribution in [0.1, 0.15) is 18.6 Å². The van der Waals surface area contributed by atoms with Gasteiger partial charge in [-0.2, -0.15) is 10.1 Å². The van der Waals surface area contributed by atoms with Crippen LogP contribution in [0.3, 0.4) is 0 Å². The summed E-state index contributed by atoms with van der Waals surface area (Å²) in [5, 5.41) is 15.4. The lowest BCUT2D eigenvalue weighted by molar-refractivity contribution is -0.402. The van der Waals surface area contributed by atoms with Crippen molar-refractivity contribution in [3.05, 3.63) is 40.2 Å². The van der Waals surface area contributed by atoms with Gasteiger partial charge in [0.25, 0.3) is 11.8 Å². The zero-order valence-electron chi connectivity index (χ0n) is 12.5. The second-order valence-corrected chi connectivity index (χ2v) is 6.89. The summed E-state index contributed by atoms with van der Waals surface area (Å²) in [6.07, 6.45) is 7.52. The molecule has 0 aromatic carbocycles. The van der Waals surface area contributed by atoms with Gasteiger partial charge in [-0.3, -0.25) is 19.7 Å². The molecule has 8 heteroatoms. The van der Waals surface area contributed by atoms with Gasteiger partial charge < -0.3 is 4.42 Å². The third-order valence-corrected chi connectivity index (χ3v) is 5.92. The highest BCUT2D eigenvalue weighted by Crippen LogP contribution is 2.73. The number of amides is 2. The van der Waals surface area contributed by atoms with Gasteiger partial charge in [0.05, 0.1) is 24.1 Å².